The number of nitrogens with zero attached hydrogens (tertiary/aromatic N) is 1. The van der Waals surface area contributed by atoms with Crippen LogP contribution in [0.4, 0.5) is 0 Å². The number of benzene rings is 1. The molecule has 25 heavy (non-hydrogen) atoms. The third kappa shape index (κ3) is 6.41. The van der Waals surface area contributed by atoms with Crippen LogP contribution in [-0.2, 0) is 21.0 Å². The Kier molecular flexibility index (Phi) is 9.15. The molecule has 6 nitrogen and oxygen atoms in total. The number of ether oxygens (including phenoxy) is 1. The molecule has 1 aliphatic rings. The minimum absolute atomic E-state index is 0. The number of nitrogens with one attached hydrogen (secondary N) is 2. The van der Waals surface area contributed by atoms with E-state index in [1.807, 2.05) is 18.2 Å². The topological polar surface area (TPSA) is 79.8 Å². The van der Waals surface area contributed by atoms with Crippen molar-refractivity contribution in [3.05, 3.63) is 35.9 Å². The molecule has 0 unspecified atom stereocenters. The van der Waals surface area contributed by atoms with E-state index < -0.39 is 14.6 Å². The highest BCUT2D eigenvalue weighted by Gasteiger charge is 2.42. The fourth-order valence-electron chi connectivity index (χ4n) is 2.86. The van der Waals surface area contributed by atoms with Crippen LogP contribution < -0.4 is 10.6 Å². The summed E-state index contributed by atoms with van der Waals surface area (Å²) in [6, 6.07) is 10.2. The van der Waals surface area contributed by atoms with Crippen LogP contribution in [0, 0.1) is 0 Å². The quantitative estimate of drug-likeness (QED) is 0.367. The van der Waals surface area contributed by atoms with E-state index in [-0.39, 0.29) is 24.0 Å². The highest BCUT2D eigenvalue weighted by atomic mass is 127. The molecule has 2 rings (SSSR count). The molecule has 0 radical (unpaired) electrons. The monoisotopic (exact) mass is 481 g/mol. The van der Waals surface area contributed by atoms with Crippen LogP contribution in [0.5, 0.6) is 0 Å². The minimum Gasteiger partial charge on any atom is -0.381 e. The first-order valence-corrected chi connectivity index (χ1v) is 10.1. The molecule has 1 aromatic carbocycles. The summed E-state index contributed by atoms with van der Waals surface area (Å²) in [7, 11) is -1.49. The average molecular weight is 481 g/mol. The Labute approximate surface area is 167 Å². The molecular formula is C17H28IN3O3S. The number of sulfone groups is 1. The van der Waals surface area contributed by atoms with Gasteiger partial charge in [0.1, 0.15) is 0 Å². The Hall–Kier alpha value is -0.870. The summed E-state index contributed by atoms with van der Waals surface area (Å²) in [5.41, 5.74) is 1.25. The van der Waals surface area contributed by atoms with Gasteiger partial charge in [-0.25, -0.2) is 8.42 Å². The summed E-state index contributed by atoms with van der Waals surface area (Å²) < 4.78 is 29.1. The number of hydrogen-bond acceptors (Lipinski definition) is 4. The maximum atomic E-state index is 12.3. The summed E-state index contributed by atoms with van der Waals surface area (Å²) >= 11 is 0. The zero-order valence-corrected chi connectivity index (χ0v) is 18.0. The normalized spacial score (nSPS) is 17.4. The van der Waals surface area contributed by atoms with Gasteiger partial charge in [-0.15, -0.1) is 24.0 Å². The molecule has 0 atom stereocenters. The minimum atomic E-state index is -3.18. The first-order valence-electron chi connectivity index (χ1n) is 8.23. The van der Waals surface area contributed by atoms with Gasteiger partial charge in [0.2, 0.25) is 0 Å². The fourth-order valence-corrected chi connectivity index (χ4v) is 4.10. The van der Waals surface area contributed by atoms with Crippen LogP contribution in [0.15, 0.2) is 35.3 Å². The van der Waals surface area contributed by atoms with Crippen molar-refractivity contribution in [1.82, 2.24) is 10.6 Å². The van der Waals surface area contributed by atoms with Gasteiger partial charge in [-0.1, -0.05) is 30.3 Å². The second kappa shape index (κ2) is 10.3. The second-order valence-electron chi connectivity index (χ2n) is 6.16. The molecule has 0 aromatic heterocycles. The van der Waals surface area contributed by atoms with Crippen molar-refractivity contribution in [2.45, 2.75) is 24.0 Å². The Balaban J connectivity index is 0.00000312. The van der Waals surface area contributed by atoms with Gasteiger partial charge in [0.15, 0.2) is 15.8 Å². The second-order valence-corrected chi connectivity index (χ2v) is 8.57. The van der Waals surface area contributed by atoms with Gasteiger partial charge in [0.05, 0.1) is 4.75 Å². The number of rotatable bonds is 6. The molecular weight excluding hydrogens is 453 g/mol. The molecule has 1 aliphatic heterocycles. The van der Waals surface area contributed by atoms with E-state index in [2.05, 4.69) is 27.8 Å². The van der Waals surface area contributed by atoms with Crippen LogP contribution in [-0.4, -0.2) is 58.7 Å². The molecule has 142 valence electrons. The lowest BCUT2D eigenvalue weighted by atomic mass is 9.99. The molecule has 0 spiro atoms. The smallest absolute Gasteiger partial charge is 0.191 e. The lowest BCUT2D eigenvalue weighted by Gasteiger charge is -2.35. The molecule has 0 saturated carbocycles. The molecule has 8 heteroatoms. The van der Waals surface area contributed by atoms with Gasteiger partial charge in [-0.2, -0.15) is 0 Å². The summed E-state index contributed by atoms with van der Waals surface area (Å²) in [5.74, 6) is 0.625. The zero-order valence-electron chi connectivity index (χ0n) is 14.8. The van der Waals surface area contributed by atoms with E-state index in [1.165, 1.54) is 11.8 Å². The van der Waals surface area contributed by atoms with Crippen LogP contribution in [0.25, 0.3) is 0 Å². The van der Waals surface area contributed by atoms with Crippen molar-refractivity contribution < 1.29 is 13.2 Å². The Morgan fingerprint density at radius 1 is 1.20 bits per heavy atom. The molecule has 2 N–H and O–H groups in total. The molecule has 0 bridgehead atoms. The summed E-state index contributed by atoms with van der Waals surface area (Å²) in [6.07, 6.45) is 3.22. The van der Waals surface area contributed by atoms with Crippen LogP contribution in [0.3, 0.4) is 0 Å². The highest BCUT2D eigenvalue weighted by Crippen LogP contribution is 2.28. The summed E-state index contributed by atoms with van der Waals surface area (Å²) in [4.78, 5) is 4.19. The standard InChI is InChI=1S/C17H27N3O3S.HI/c1-18-16(19-11-8-15-6-4-3-5-7-15)20-14-17(24(2,21)22)9-12-23-13-10-17;/h3-7H,8-14H2,1-2H3,(H2,18,19,20);1H. The van der Waals surface area contributed by atoms with Crippen molar-refractivity contribution in [3.8, 4) is 0 Å². The molecule has 1 fully saturated rings. The van der Waals surface area contributed by atoms with Gasteiger partial charge in [-0.3, -0.25) is 4.99 Å². The molecule has 0 amide bonds. The van der Waals surface area contributed by atoms with Gasteiger partial charge in [-0.05, 0) is 24.8 Å². The third-order valence-electron chi connectivity index (χ3n) is 4.54. The Morgan fingerprint density at radius 2 is 1.84 bits per heavy atom. The lowest BCUT2D eigenvalue weighted by molar-refractivity contribution is 0.0756. The maximum absolute atomic E-state index is 12.3. The molecule has 1 heterocycles. The van der Waals surface area contributed by atoms with Crippen LogP contribution >= 0.6 is 24.0 Å². The number of guanidine groups is 1. The molecule has 1 saturated heterocycles. The van der Waals surface area contributed by atoms with E-state index in [0.29, 0.717) is 38.6 Å². The maximum Gasteiger partial charge on any atom is 0.191 e. The lowest BCUT2D eigenvalue weighted by Crippen LogP contribution is -2.53. The highest BCUT2D eigenvalue weighted by molar-refractivity contribution is 14.0. The first-order chi connectivity index (χ1) is 11.5. The first kappa shape index (κ1) is 22.2. The van der Waals surface area contributed by atoms with Crippen molar-refractivity contribution in [2.75, 3.05) is 39.6 Å². The Morgan fingerprint density at radius 3 is 2.40 bits per heavy atom. The van der Waals surface area contributed by atoms with Crippen LogP contribution in [0.1, 0.15) is 18.4 Å². The largest absolute Gasteiger partial charge is 0.381 e. The van der Waals surface area contributed by atoms with Crippen molar-refractivity contribution >= 4 is 39.8 Å². The fraction of sp³-hybridized carbons (Fsp3) is 0.588. The van der Waals surface area contributed by atoms with E-state index in [4.69, 9.17) is 4.74 Å². The number of hydrogen-bond donors (Lipinski definition) is 2. The molecule has 0 aliphatic carbocycles. The average Bonchev–Trinajstić information content (AvgIpc) is 2.58. The molecule has 1 aromatic rings. The van der Waals surface area contributed by atoms with E-state index in [1.54, 1.807) is 7.05 Å². The van der Waals surface area contributed by atoms with Crippen LogP contribution in [0.2, 0.25) is 0 Å². The van der Waals surface area contributed by atoms with Gasteiger partial charge in [0, 0.05) is 39.6 Å². The van der Waals surface area contributed by atoms with Crippen molar-refractivity contribution in [3.63, 3.8) is 0 Å². The van der Waals surface area contributed by atoms with Gasteiger partial charge >= 0.3 is 0 Å². The van der Waals surface area contributed by atoms with E-state index in [9.17, 15) is 8.42 Å². The number of aliphatic imine (C=N–C) groups is 1. The number of halogens is 1. The van der Waals surface area contributed by atoms with E-state index in [0.717, 1.165) is 13.0 Å². The zero-order chi connectivity index (χ0) is 17.5. The summed E-state index contributed by atoms with van der Waals surface area (Å²) in [6.45, 7) is 2.04. The van der Waals surface area contributed by atoms with E-state index >= 15 is 0 Å². The van der Waals surface area contributed by atoms with Gasteiger partial charge in [0.25, 0.3) is 0 Å². The third-order valence-corrected chi connectivity index (χ3v) is 6.67. The van der Waals surface area contributed by atoms with Gasteiger partial charge < -0.3 is 15.4 Å². The van der Waals surface area contributed by atoms with Crippen molar-refractivity contribution in [1.29, 1.82) is 0 Å². The summed E-state index contributed by atoms with van der Waals surface area (Å²) in [5, 5.41) is 6.42. The SMILES string of the molecule is CN=C(NCCc1ccccc1)NCC1(S(C)(=O)=O)CCOCC1.I. The Bertz CT molecular complexity index is 644. The predicted molar refractivity (Wildman–Crippen MR) is 113 cm³/mol. The predicted octanol–water partition coefficient (Wildman–Crippen LogP) is 1.61. The van der Waals surface area contributed by atoms with Crippen molar-refractivity contribution in [2.24, 2.45) is 4.99 Å².